The number of nitrogens with one attached hydrogen (secondary N) is 4. The molecule has 15 nitrogen and oxygen atoms in total. The van der Waals surface area contributed by atoms with Gasteiger partial charge >= 0.3 is 11.9 Å². The van der Waals surface area contributed by atoms with Crippen LogP contribution in [0.25, 0.3) is 0 Å². The number of hydrogen-bond donors (Lipinski definition) is 9. The van der Waals surface area contributed by atoms with Crippen molar-refractivity contribution in [1.82, 2.24) is 25.9 Å². The predicted octanol–water partition coefficient (Wildman–Crippen LogP) is -3.20. The summed E-state index contributed by atoms with van der Waals surface area (Å²) in [5.41, 5.74) is 12.0. The van der Waals surface area contributed by atoms with Crippen LogP contribution in [0.3, 0.4) is 0 Å². The maximum atomic E-state index is 12.9. The van der Waals surface area contributed by atoms with Gasteiger partial charge in [0.2, 0.25) is 17.7 Å². The topological polar surface area (TPSA) is 263 Å². The summed E-state index contributed by atoms with van der Waals surface area (Å²) >= 11 is 0. The normalized spacial score (nSPS) is 15.2. The number of amides is 3. The molecule has 1 rings (SSSR count). The smallest absolute Gasteiger partial charge is 0.328 e. The molecule has 11 N–H and O–H groups in total. The second-order valence-electron chi connectivity index (χ2n) is 7.96. The molecule has 0 aliphatic carbocycles. The van der Waals surface area contributed by atoms with Crippen molar-refractivity contribution >= 4 is 29.7 Å². The van der Waals surface area contributed by atoms with E-state index in [9.17, 15) is 29.1 Å². The zero-order chi connectivity index (χ0) is 26.5. The Hall–Kier alpha value is -3.56. The van der Waals surface area contributed by atoms with E-state index in [1.54, 1.807) is 0 Å². The van der Waals surface area contributed by atoms with Crippen LogP contribution in [0.2, 0.25) is 0 Å². The van der Waals surface area contributed by atoms with Gasteiger partial charge in [0.1, 0.15) is 12.1 Å². The summed E-state index contributed by atoms with van der Waals surface area (Å²) in [7, 11) is 0. The molecule has 0 aliphatic rings. The highest BCUT2D eigenvalue weighted by Gasteiger charge is 2.33. The van der Waals surface area contributed by atoms with Gasteiger partial charge in [0.15, 0.2) is 6.04 Å². The van der Waals surface area contributed by atoms with Crippen molar-refractivity contribution in [2.45, 2.75) is 69.3 Å². The van der Waals surface area contributed by atoms with Crippen LogP contribution in [0.5, 0.6) is 0 Å². The van der Waals surface area contributed by atoms with Gasteiger partial charge < -0.3 is 47.7 Å². The molecule has 0 spiro atoms. The molecular formula is C20H33N7O8. The van der Waals surface area contributed by atoms with E-state index in [4.69, 9.17) is 21.7 Å². The summed E-state index contributed by atoms with van der Waals surface area (Å²) in [5, 5.41) is 34.6. The van der Waals surface area contributed by atoms with Gasteiger partial charge in [-0.1, -0.05) is 0 Å². The Morgan fingerprint density at radius 3 is 2.17 bits per heavy atom. The zero-order valence-electron chi connectivity index (χ0n) is 19.3. The van der Waals surface area contributed by atoms with E-state index in [0.29, 0.717) is 25.1 Å². The molecule has 5 unspecified atom stereocenters. The van der Waals surface area contributed by atoms with Crippen LogP contribution in [0.1, 0.15) is 38.3 Å². The Labute approximate surface area is 201 Å². The van der Waals surface area contributed by atoms with Gasteiger partial charge in [-0.05, 0) is 32.7 Å². The molecule has 196 valence electrons. The number of H-pyrrole nitrogens is 1. The number of aromatic amines is 1. The number of aliphatic hydroxyl groups is 1. The highest BCUT2D eigenvalue weighted by Crippen LogP contribution is 2.05. The molecule has 0 fully saturated rings. The Kier molecular flexibility index (Phi) is 12.3. The van der Waals surface area contributed by atoms with Crippen molar-refractivity contribution in [3.63, 3.8) is 0 Å². The number of nitrogens with two attached hydrogens (primary N) is 2. The van der Waals surface area contributed by atoms with E-state index in [1.807, 2.05) is 5.32 Å². The monoisotopic (exact) mass is 499 g/mol. The number of nitrogens with zero attached hydrogens (tertiary/aromatic N) is 1. The molecular weight excluding hydrogens is 466 g/mol. The maximum Gasteiger partial charge on any atom is 0.328 e. The summed E-state index contributed by atoms with van der Waals surface area (Å²) in [5.74, 6) is -5.65. The molecule has 3 amide bonds. The lowest BCUT2D eigenvalue weighted by atomic mass is 10.1. The third kappa shape index (κ3) is 10.5. The van der Waals surface area contributed by atoms with E-state index in [0.717, 1.165) is 6.92 Å². The number of rotatable bonds is 16. The van der Waals surface area contributed by atoms with Crippen molar-refractivity contribution in [2.24, 2.45) is 11.5 Å². The largest absolute Gasteiger partial charge is 0.481 e. The quantitative estimate of drug-likeness (QED) is 0.102. The van der Waals surface area contributed by atoms with E-state index in [-0.39, 0.29) is 12.8 Å². The fourth-order valence-electron chi connectivity index (χ4n) is 3.07. The molecule has 1 aromatic heterocycles. The molecule has 15 heteroatoms. The maximum absolute atomic E-state index is 12.9. The van der Waals surface area contributed by atoms with Crippen LogP contribution in [0.15, 0.2) is 12.5 Å². The second kappa shape index (κ2) is 14.6. The first-order chi connectivity index (χ1) is 16.5. The van der Waals surface area contributed by atoms with Gasteiger partial charge in [-0.25, -0.2) is 9.78 Å². The lowest BCUT2D eigenvalue weighted by Gasteiger charge is -2.25. The first-order valence-electron chi connectivity index (χ1n) is 10.9. The van der Waals surface area contributed by atoms with E-state index in [1.165, 1.54) is 12.5 Å². The number of aliphatic hydroxyl groups excluding tert-OH is 1. The van der Waals surface area contributed by atoms with Crippen LogP contribution in [0.4, 0.5) is 0 Å². The number of carbonyl (C=O) groups is 5. The molecule has 35 heavy (non-hydrogen) atoms. The summed E-state index contributed by atoms with van der Waals surface area (Å²) < 4.78 is 0. The molecule has 1 aromatic rings. The van der Waals surface area contributed by atoms with Gasteiger partial charge in [0.25, 0.3) is 0 Å². The zero-order valence-corrected chi connectivity index (χ0v) is 19.3. The van der Waals surface area contributed by atoms with E-state index in [2.05, 4.69) is 20.6 Å². The van der Waals surface area contributed by atoms with Crippen molar-refractivity contribution in [1.29, 1.82) is 0 Å². The minimum atomic E-state index is -1.73. The molecule has 0 saturated heterocycles. The van der Waals surface area contributed by atoms with Crippen molar-refractivity contribution in [3.8, 4) is 0 Å². The standard InChI is InChI=1S/C20H33N7O8/c1-10(28)16(20(34)35)27-19(33)14(7-15(29)30)26-18(32)13(4-2-3-5-21)25-17(31)12(22)6-11-8-23-9-24-11/h8-10,12-14,16,28H,2-7,21-22H2,1H3,(H,23,24)(H,25,31)(H,26,32)(H,27,33)(H,29,30)(H,34,35). The van der Waals surface area contributed by atoms with Gasteiger partial charge in [-0.3, -0.25) is 19.2 Å². The number of carbonyl (C=O) groups excluding carboxylic acids is 3. The molecule has 0 saturated carbocycles. The van der Waals surface area contributed by atoms with Gasteiger partial charge in [0.05, 0.1) is 24.9 Å². The van der Waals surface area contributed by atoms with E-state index < -0.39 is 66.4 Å². The van der Waals surface area contributed by atoms with Crippen molar-refractivity contribution in [3.05, 3.63) is 18.2 Å². The number of carboxylic acids is 2. The van der Waals surface area contributed by atoms with Gasteiger partial charge in [-0.15, -0.1) is 0 Å². The SMILES string of the molecule is CC(O)C(NC(=O)C(CC(=O)O)NC(=O)C(CCCCN)NC(=O)C(N)Cc1cnc[nH]1)C(=O)O. The number of carboxylic acid groups (broad SMARTS) is 2. The first-order valence-corrected chi connectivity index (χ1v) is 10.9. The fraction of sp³-hybridized carbons (Fsp3) is 0.600. The average molecular weight is 500 g/mol. The Balaban J connectivity index is 2.95. The minimum Gasteiger partial charge on any atom is -0.481 e. The first kappa shape index (κ1) is 29.5. The number of imidazole rings is 1. The van der Waals surface area contributed by atoms with Crippen LogP contribution in [-0.4, -0.2) is 91.8 Å². The second-order valence-corrected chi connectivity index (χ2v) is 7.96. The molecule has 0 bridgehead atoms. The Morgan fingerprint density at radius 1 is 1.03 bits per heavy atom. The van der Waals surface area contributed by atoms with Crippen LogP contribution >= 0.6 is 0 Å². The molecule has 5 atom stereocenters. The summed E-state index contributed by atoms with van der Waals surface area (Å²) in [6, 6.07) is -5.59. The van der Waals surface area contributed by atoms with Crippen LogP contribution < -0.4 is 27.4 Å². The molecule has 0 aromatic carbocycles. The van der Waals surface area contributed by atoms with Crippen molar-refractivity contribution in [2.75, 3.05) is 6.54 Å². The summed E-state index contributed by atoms with van der Waals surface area (Å²) in [6.45, 7) is 1.46. The van der Waals surface area contributed by atoms with Gasteiger partial charge in [0, 0.05) is 18.3 Å². The third-order valence-electron chi connectivity index (χ3n) is 4.97. The van der Waals surface area contributed by atoms with E-state index >= 15 is 0 Å². The number of aliphatic carboxylic acids is 2. The lowest BCUT2D eigenvalue weighted by Crippen LogP contribution is -2.58. The highest BCUT2D eigenvalue weighted by atomic mass is 16.4. The Bertz CT molecular complexity index is 862. The Morgan fingerprint density at radius 2 is 1.66 bits per heavy atom. The molecule has 0 radical (unpaired) electrons. The molecule has 0 aliphatic heterocycles. The molecule has 1 heterocycles. The predicted molar refractivity (Wildman–Crippen MR) is 121 cm³/mol. The average Bonchev–Trinajstić information content (AvgIpc) is 3.28. The summed E-state index contributed by atoms with van der Waals surface area (Å²) in [6.07, 6.45) is 1.76. The minimum absolute atomic E-state index is 0.114. The summed E-state index contributed by atoms with van der Waals surface area (Å²) in [4.78, 5) is 67.1. The number of hydrogen-bond acceptors (Lipinski definition) is 9. The van der Waals surface area contributed by atoms with Crippen molar-refractivity contribution < 1.29 is 39.3 Å². The lowest BCUT2D eigenvalue weighted by molar-refractivity contribution is -0.146. The van der Waals surface area contributed by atoms with Crippen LogP contribution in [0, 0.1) is 0 Å². The third-order valence-corrected chi connectivity index (χ3v) is 4.97. The number of aromatic nitrogens is 2. The number of unbranched alkanes of at least 4 members (excludes halogenated alkanes) is 1. The van der Waals surface area contributed by atoms with Gasteiger partial charge in [-0.2, -0.15) is 0 Å². The van der Waals surface area contributed by atoms with Crippen LogP contribution in [-0.2, 0) is 30.4 Å². The highest BCUT2D eigenvalue weighted by molar-refractivity contribution is 5.95. The fourth-order valence-corrected chi connectivity index (χ4v) is 3.07.